The molecule has 0 N–H and O–H groups in total. The first-order chi connectivity index (χ1) is 4.74. The van der Waals surface area contributed by atoms with Crippen molar-refractivity contribution in [3.05, 3.63) is 24.0 Å². The van der Waals surface area contributed by atoms with E-state index in [2.05, 4.69) is 0 Å². The van der Waals surface area contributed by atoms with Crippen LogP contribution in [-0.2, 0) is 0 Å². The van der Waals surface area contributed by atoms with Crippen molar-refractivity contribution in [3.8, 4) is 5.75 Å². The zero-order chi connectivity index (χ0) is 7.56. The Morgan fingerprint density at radius 3 is 2.55 bits per heavy atom. The molecular formula is C7H6BrFMgO. The van der Waals surface area contributed by atoms with E-state index < -0.39 is 0 Å². The number of ether oxygens (including phenoxy) is 1. The van der Waals surface area contributed by atoms with Crippen molar-refractivity contribution in [3.63, 3.8) is 0 Å². The Morgan fingerprint density at radius 1 is 1.45 bits per heavy atom. The van der Waals surface area contributed by atoms with Crippen LogP contribution in [0.2, 0.25) is 0 Å². The topological polar surface area (TPSA) is 9.23 Å². The van der Waals surface area contributed by atoms with E-state index in [1.807, 2.05) is 0 Å². The molecule has 4 heteroatoms. The van der Waals surface area contributed by atoms with Crippen LogP contribution in [0.5, 0.6) is 5.75 Å². The van der Waals surface area contributed by atoms with Gasteiger partial charge in [-0.25, -0.2) is 0 Å². The standard InChI is InChI=1S/C7H6FO.BrH.Mg/c1-9-7-5-3-2-4-6(7)8;;/h2,4-5H,1H3;1H;/q;;+1/p-1. The second-order valence-corrected chi connectivity index (χ2v) is 2.79. The van der Waals surface area contributed by atoms with Gasteiger partial charge >= 0.3 is 71.4 Å². The van der Waals surface area contributed by atoms with Gasteiger partial charge in [-0.05, 0) is 0 Å². The summed E-state index contributed by atoms with van der Waals surface area (Å²) in [5, 5.41) is 0. The molecule has 0 saturated carbocycles. The number of rotatable bonds is 1. The molecule has 11 heavy (non-hydrogen) atoms. The van der Waals surface area contributed by atoms with Crippen LogP contribution in [0, 0.1) is 5.82 Å². The largest absolute Gasteiger partial charge is 1.00 e. The van der Waals surface area contributed by atoms with Gasteiger partial charge in [0.25, 0.3) is 0 Å². The second kappa shape index (κ2) is 4.95. The van der Waals surface area contributed by atoms with E-state index in [-0.39, 0.29) is 22.8 Å². The SMILES string of the molecule is COc1c[c]([Mg+])ccc1F.[Br-]. The van der Waals surface area contributed by atoms with Crippen LogP contribution in [0.1, 0.15) is 0 Å². The van der Waals surface area contributed by atoms with Crippen molar-refractivity contribution >= 4 is 25.4 Å². The van der Waals surface area contributed by atoms with E-state index >= 15 is 0 Å². The fourth-order valence-corrected chi connectivity index (χ4v) is 1.01. The molecule has 0 aliphatic carbocycles. The van der Waals surface area contributed by atoms with Crippen molar-refractivity contribution in [2.45, 2.75) is 0 Å². The summed E-state index contributed by atoms with van der Waals surface area (Å²) in [7, 11) is 1.46. The Morgan fingerprint density at radius 2 is 2.09 bits per heavy atom. The van der Waals surface area contributed by atoms with Crippen LogP contribution in [0.3, 0.4) is 0 Å². The van der Waals surface area contributed by atoms with Gasteiger partial charge in [0.1, 0.15) is 0 Å². The van der Waals surface area contributed by atoms with Crippen LogP contribution >= 0.6 is 0 Å². The van der Waals surface area contributed by atoms with Crippen molar-refractivity contribution in [2.24, 2.45) is 0 Å². The third-order valence-electron chi connectivity index (χ3n) is 1.22. The van der Waals surface area contributed by atoms with E-state index in [0.29, 0.717) is 5.75 Å². The molecule has 0 saturated heterocycles. The molecule has 0 aliphatic rings. The summed E-state index contributed by atoms with van der Waals surface area (Å²) in [6.45, 7) is 0. The van der Waals surface area contributed by atoms with Crippen LogP contribution in [0.4, 0.5) is 4.39 Å². The Balaban J connectivity index is 0.000001000. The fourth-order valence-electron chi connectivity index (χ4n) is 0.704. The van der Waals surface area contributed by atoms with Gasteiger partial charge in [-0.1, -0.05) is 0 Å². The van der Waals surface area contributed by atoms with Crippen LogP contribution in [-0.4, -0.2) is 28.8 Å². The third kappa shape index (κ3) is 2.97. The van der Waals surface area contributed by atoms with Crippen LogP contribution in [0.25, 0.3) is 0 Å². The normalized spacial score (nSPS) is 8.73. The maximum absolute atomic E-state index is 12.6. The van der Waals surface area contributed by atoms with E-state index in [0.717, 1.165) is 3.69 Å². The van der Waals surface area contributed by atoms with Gasteiger partial charge in [0.05, 0.1) is 0 Å². The summed E-state index contributed by atoms with van der Waals surface area (Å²) in [4.78, 5) is 0. The third-order valence-corrected chi connectivity index (χ3v) is 1.66. The number of halogens is 2. The average Bonchev–Trinajstić information content (AvgIpc) is 1.94. The molecule has 0 amide bonds. The summed E-state index contributed by atoms with van der Waals surface area (Å²) in [6, 6.07) is 4.80. The second-order valence-electron chi connectivity index (χ2n) is 1.97. The summed E-state index contributed by atoms with van der Waals surface area (Å²) in [5.74, 6) is 0.00500. The van der Waals surface area contributed by atoms with E-state index in [9.17, 15) is 4.39 Å². The predicted octanol–water partition coefficient (Wildman–Crippen LogP) is -2.37. The number of hydrogen-bond donors (Lipinski definition) is 0. The van der Waals surface area contributed by atoms with E-state index in [1.165, 1.54) is 13.2 Å². The fraction of sp³-hybridized carbons (Fsp3) is 0.143. The molecule has 56 valence electrons. The van der Waals surface area contributed by atoms with Gasteiger partial charge in [-0.3, -0.25) is 0 Å². The average molecular weight is 229 g/mol. The van der Waals surface area contributed by atoms with E-state index in [4.69, 9.17) is 4.74 Å². The molecule has 1 aromatic carbocycles. The van der Waals surface area contributed by atoms with Gasteiger partial charge in [0, 0.05) is 0 Å². The maximum Gasteiger partial charge on any atom is -1.00 e. The smallest absolute Gasteiger partial charge is 1.00 e. The van der Waals surface area contributed by atoms with Crippen LogP contribution < -0.4 is 25.4 Å². The molecule has 0 unspecified atom stereocenters. The molecule has 0 atom stereocenters. The molecule has 0 bridgehead atoms. The quantitative estimate of drug-likeness (QED) is 0.489. The Labute approximate surface area is 88.1 Å². The number of benzene rings is 1. The molecule has 1 nitrogen and oxygen atoms in total. The Kier molecular flexibility index (Phi) is 5.04. The minimum atomic E-state index is -0.307. The monoisotopic (exact) mass is 228 g/mol. The minimum Gasteiger partial charge on any atom is -1.00 e. The van der Waals surface area contributed by atoms with Gasteiger partial charge in [0.2, 0.25) is 0 Å². The maximum atomic E-state index is 12.6. The molecule has 1 aromatic rings. The number of hydrogen-bond acceptors (Lipinski definition) is 1. The molecule has 1 rings (SSSR count). The summed E-state index contributed by atoms with van der Waals surface area (Å²) in [6.07, 6.45) is 0. The first-order valence-corrected chi connectivity index (χ1v) is 3.60. The van der Waals surface area contributed by atoms with Crippen LogP contribution in [0.15, 0.2) is 18.2 Å². The zero-order valence-electron chi connectivity index (χ0n) is 6.10. The van der Waals surface area contributed by atoms with Gasteiger partial charge in [0.15, 0.2) is 0 Å². The van der Waals surface area contributed by atoms with Gasteiger partial charge in [-0.2, -0.15) is 0 Å². The molecule has 0 fully saturated rings. The molecule has 0 aliphatic heterocycles. The Bertz CT molecular complexity index is 242. The van der Waals surface area contributed by atoms with Gasteiger partial charge in [-0.15, -0.1) is 0 Å². The predicted molar refractivity (Wildman–Crippen MR) is 38.3 cm³/mol. The zero-order valence-corrected chi connectivity index (χ0v) is 9.10. The van der Waals surface area contributed by atoms with Crippen molar-refractivity contribution in [1.29, 1.82) is 0 Å². The first-order valence-electron chi connectivity index (χ1n) is 2.89. The molecule has 0 heterocycles. The summed E-state index contributed by atoms with van der Waals surface area (Å²) < 4.78 is 18.4. The van der Waals surface area contributed by atoms with E-state index in [1.54, 1.807) is 33.8 Å². The van der Waals surface area contributed by atoms with Crippen molar-refractivity contribution in [2.75, 3.05) is 7.11 Å². The molecule has 0 spiro atoms. The van der Waals surface area contributed by atoms with Gasteiger partial charge < -0.3 is 17.0 Å². The molecule has 0 aromatic heterocycles. The molecule has 0 radical (unpaired) electrons. The number of methoxy groups -OCH3 is 1. The Hall–Kier alpha value is 0.196. The minimum absolute atomic E-state index is 0. The molecular weight excluding hydrogens is 223 g/mol. The summed E-state index contributed by atoms with van der Waals surface area (Å²) >= 11 is 1.70. The first kappa shape index (κ1) is 11.2. The van der Waals surface area contributed by atoms with Crippen molar-refractivity contribution in [1.82, 2.24) is 0 Å². The van der Waals surface area contributed by atoms with Crippen molar-refractivity contribution < 1.29 is 26.1 Å². The summed E-state index contributed by atoms with van der Waals surface area (Å²) in [5.41, 5.74) is 0.